The number of halogens is 4. The summed E-state index contributed by atoms with van der Waals surface area (Å²) in [6.45, 7) is 2.37. The van der Waals surface area contributed by atoms with Crippen molar-refractivity contribution in [1.82, 2.24) is 29.7 Å². The van der Waals surface area contributed by atoms with Crippen LogP contribution < -0.4 is 16.4 Å². The van der Waals surface area contributed by atoms with Crippen molar-refractivity contribution in [2.75, 3.05) is 17.2 Å². The molecule has 0 bridgehead atoms. The Hall–Kier alpha value is -4.59. The lowest BCUT2D eigenvalue weighted by Gasteiger charge is -2.19. The molecule has 4 aromatic rings. The predicted molar refractivity (Wildman–Crippen MR) is 141 cm³/mol. The summed E-state index contributed by atoms with van der Waals surface area (Å²) < 4.78 is 43.5. The van der Waals surface area contributed by atoms with Gasteiger partial charge < -0.3 is 11.5 Å². The van der Waals surface area contributed by atoms with Gasteiger partial charge in [0.05, 0.1) is 29.2 Å². The van der Waals surface area contributed by atoms with E-state index in [1.807, 2.05) is 0 Å². The average Bonchev–Trinajstić information content (AvgIpc) is 3.41. The van der Waals surface area contributed by atoms with Gasteiger partial charge in [0.25, 0.3) is 12.3 Å². The van der Waals surface area contributed by atoms with Gasteiger partial charge in [-0.3, -0.25) is 24.2 Å². The van der Waals surface area contributed by atoms with Crippen LogP contribution in [-0.2, 0) is 4.79 Å². The summed E-state index contributed by atoms with van der Waals surface area (Å²) in [6, 6.07) is 1.51. The van der Waals surface area contributed by atoms with Gasteiger partial charge in [0.2, 0.25) is 11.9 Å². The molecule has 4 N–H and O–H groups in total. The molecule has 6 rings (SSSR count). The number of hydrogen-bond donors (Lipinski definition) is 2. The molecule has 2 aliphatic rings. The van der Waals surface area contributed by atoms with E-state index in [0.717, 1.165) is 24.8 Å². The van der Waals surface area contributed by atoms with Crippen molar-refractivity contribution < 1.29 is 22.8 Å². The van der Waals surface area contributed by atoms with Gasteiger partial charge in [-0.15, -0.1) is 0 Å². The van der Waals surface area contributed by atoms with E-state index in [0.29, 0.717) is 23.6 Å². The number of anilines is 2. The molecule has 41 heavy (non-hydrogen) atoms. The number of nitrogens with two attached hydrogens (primary N) is 2. The van der Waals surface area contributed by atoms with E-state index in [9.17, 15) is 22.8 Å². The maximum absolute atomic E-state index is 14.8. The number of aromatic nitrogens is 6. The molecule has 210 valence electrons. The van der Waals surface area contributed by atoms with Gasteiger partial charge in [-0.05, 0) is 25.3 Å². The molecule has 1 aliphatic heterocycles. The first-order valence-corrected chi connectivity index (χ1v) is 12.8. The second-order valence-electron chi connectivity index (χ2n) is 9.89. The highest BCUT2D eigenvalue weighted by atomic mass is 35.5. The van der Waals surface area contributed by atoms with Gasteiger partial charge in [0.15, 0.2) is 11.5 Å². The Kier molecular flexibility index (Phi) is 6.36. The van der Waals surface area contributed by atoms with E-state index in [1.54, 1.807) is 18.0 Å². The van der Waals surface area contributed by atoms with Crippen LogP contribution in [-0.4, -0.2) is 48.1 Å². The van der Waals surface area contributed by atoms with Crippen molar-refractivity contribution in [3.05, 3.63) is 64.6 Å². The Labute approximate surface area is 235 Å². The molecule has 0 spiro atoms. The summed E-state index contributed by atoms with van der Waals surface area (Å²) in [5.41, 5.74) is 10.7. The van der Waals surface area contributed by atoms with E-state index >= 15 is 0 Å². The zero-order valence-corrected chi connectivity index (χ0v) is 22.1. The summed E-state index contributed by atoms with van der Waals surface area (Å²) >= 11 is 5.81. The van der Waals surface area contributed by atoms with Gasteiger partial charge in [-0.2, -0.15) is 10.1 Å². The molecule has 1 aromatic carbocycles. The number of alkyl halides is 2. The van der Waals surface area contributed by atoms with Crippen LogP contribution in [0.5, 0.6) is 0 Å². The lowest BCUT2D eigenvalue weighted by Crippen LogP contribution is -2.30. The molecule has 3 aromatic heterocycles. The van der Waals surface area contributed by atoms with Crippen LogP contribution >= 0.6 is 11.6 Å². The highest BCUT2D eigenvalue weighted by Crippen LogP contribution is 2.47. The number of nitrogens with zero attached hydrogens (tertiary/aromatic N) is 7. The van der Waals surface area contributed by atoms with Gasteiger partial charge in [-0.25, -0.2) is 23.1 Å². The fraction of sp³-hybridized carbons (Fsp3) is 0.269. The fourth-order valence-electron chi connectivity index (χ4n) is 5.02. The van der Waals surface area contributed by atoms with Crippen molar-refractivity contribution >= 4 is 35.2 Å². The average molecular weight is 584 g/mol. The quantitative estimate of drug-likeness (QED) is 0.332. The SMILES string of the molecule is C[C@H](c1cnc(N2C[C@H]3C[C@H]3C2=O)nc1N)n1cc(-c2ncc(-c3c(C(F)F)ccc(Cl)c3F)nc2C(N)=O)cn1. The normalized spacial score (nSPS) is 18.6. The van der Waals surface area contributed by atoms with E-state index < -0.39 is 40.3 Å². The molecule has 4 heterocycles. The molecule has 11 nitrogen and oxygen atoms in total. The molecule has 1 aliphatic carbocycles. The lowest BCUT2D eigenvalue weighted by atomic mass is 10.0. The van der Waals surface area contributed by atoms with Crippen LogP contribution in [0.4, 0.5) is 24.9 Å². The number of nitrogen functional groups attached to an aromatic ring is 1. The van der Waals surface area contributed by atoms with Gasteiger partial charge in [0.1, 0.15) is 11.5 Å². The minimum atomic E-state index is -3.04. The maximum atomic E-state index is 14.8. The van der Waals surface area contributed by atoms with E-state index in [-0.39, 0.29) is 40.7 Å². The Balaban J connectivity index is 1.31. The minimum Gasteiger partial charge on any atom is -0.383 e. The highest BCUT2D eigenvalue weighted by Gasteiger charge is 2.53. The van der Waals surface area contributed by atoms with Crippen molar-refractivity contribution in [1.29, 1.82) is 0 Å². The second kappa shape index (κ2) is 9.80. The zero-order chi connectivity index (χ0) is 29.2. The maximum Gasteiger partial charge on any atom is 0.269 e. The number of carbonyl (C=O) groups excluding carboxylic acids is 2. The summed E-state index contributed by atoms with van der Waals surface area (Å²) in [5, 5.41) is 3.93. The first-order valence-electron chi connectivity index (χ1n) is 12.5. The Morgan fingerprint density at radius 3 is 2.59 bits per heavy atom. The Morgan fingerprint density at radius 2 is 1.93 bits per heavy atom. The number of piperidine rings is 1. The number of hydrogen-bond acceptors (Lipinski definition) is 8. The second-order valence-corrected chi connectivity index (χ2v) is 10.3. The van der Waals surface area contributed by atoms with Crippen LogP contribution in [0.15, 0.2) is 36.9 Å². The Morgan fingerprint density at radius 1 is 1.15 bits per heavy atom. The van der Waals surface area contributed by atoms with Crippen molar-refractivity contribution in [3.8, 4) is 22.5 Å². The van der Waals surface area contributed by atoms with Gasteiger partial charge in [-0.1, -0.05) is 17.7 Å². The Bertz CT molecular complexity index is 1730. The molecule has 0 radical (unpaired) electrons. The third-order valence-electron chi connectivity index (χ3n) is 7.35. The number of benzene rings is 1. The largest absolute Gasteiger partial charge is 0.383 e. The van der Waals surface area contributed by atoms with E-state index in [2.05, 4.69) is 25.0 Å². The molecule has 1 saturated heterocycles. The van der Waals surface area contributed by atoms with Crippen LogP contribution in [0.2, 0.25) is 5.02 Å². The van der Waals surface area contributed by atoms with Gasteiger partial charge >= 0.3 is 0 Å². The fourth-order valence-corrected chi connectivity index (χ4v) is 5.18. The third kappa shape index (κ3) is 4.53. The van der Waals surface area contributed by atoms with Crippen molar-refractivity contribution in [2.45, 2.75) is 25.8 Å². The topological polar surface area (TPSA) is 159 Å². The number of fused-ring (bicyclic) bond motifs is 1. The number of rotatable bonds is 7. The van der Waals surface area contributed by atoms with Crippen LogP contribution in [0.25, 0.3) is 22.5 Å². The minimum absolute atomic E-state index is 0.00594. The molecule has 0 unspecified atom stereocenters. The molecule has 3 atom stereocenters. The van der Waals surface area contributed by atoms with Crippen LogP contribution in [0, 0.1) is 17.7 Å². The van der Waals surface area contributed by atoms with Crippen molar-refractivity contribution in [3.63, 3.8) is 0 Å². The van der Waals surface area contributed by atoms with Gasteiger partial charge in [0, 0.05) is 47.1 Å². The van der Waals surface area contributed by atoms with E-state index in [1.165, 1.54) is 17.1 Å². The number of amides is 2. The summed E-state index contributed by atoms with van der Waals surface area (Å²) in [5.74, 6) is -1.30. The third-order valence-corrected chi connectivity index (χ3v) is 7.64. The number of primary amides is 1. The molecule has 2 amide bonds. The smallest absolute Gasteiger partial charge is 0.269 e. The van der Waals surface area contributed by atoms with E-state index in [4.69, 9.17) is 23.1 Å². The first kappa shape index (κ1) is 26.6. The molecular formula is C26H21ClF3N9O2. The predicted octanol–water partition coefficient (Wildman–Crippen LogP) is 3.80. The molecule has 15 heteroatoms. The molecule has 1 saturated carbocycles. The summed E-state index contributed by atoms with van der Waals surface area (Å²) in [7, 11) is 0. The number of carbonyl (C=O) groups is 2. The summed E-state index contributed by atoms with van der Waals surface area (Å²) in [4.78, 5) is 43.2. The zero-order valence-electron chi connectivity index (χ0n) is 21.3. The molecule has 2 fully saturated rings. The van der Waals surface area contributed by atoms with Crippen LogP contribution in [0.3, 0.4) is 0 Å². The first-order chi connectivity index (χ1) is 19.5. The lowest BCUT2D eigenvalue weighted by molar-refractivity contribution is -0.118. The van der Waals surface area contributed by atoms with Crippen molar-refractivity contribution in [2.24, 2.45) is 17.6 Å². The molecular weight excluding hydrogens is 563 g/mol. The monoisotopic (exact) mass is 583 g/mol. The standard InChI is InChI=1S/C26H21ClF3N9O2/c1-10(15-6-34-26(37-23(15)31)38-8-11-4-14(11)25(38)41)39-9-12(5-35-39)20-21(24(32)40)36-17(7-33-20)18-13(22(29)30)2-3-16(27)19(18)28/h2-3,5-7,9-11,14,22H,4,8H2,1H3,(H2,32,40)(H2,31,34,37)/t10-,11-,14-/m1/s1. The highest BCUT2D eigenvalue weighted by molar-refractivity contribution is 6.31. The summed E-state index contributed by atoms with van der Waals surface area (Å²) in [6.07, 6.45) is 3.40. The van der Waals surface area contributed by atoms with Crippen LogP contribution in [0.1, 0.15) is 47.4 Å².